The van der Waals surface area contributed by atoms with Crippen molar-refractivity contribution in [3.8, 4) is 0 Å². The van der Waals surface area contributed by atoms with Crippen molar-refractivity contribution in [2.45, 2.75) is 49.2 Å². The number of nitrogens with zero attached hydrogens (tertiary/aromatic N) is 1. The van der Waals surface area contributed by atoms with Gasteiger partial charge in [-0.2, -0.15) is 0 Å². The molecule has 1 heterocycles. The number of ether oxygens (including phenoxy) is 1. The summed E-state index contributed by atoms with van der Waals surface area (Å²) < 4.78 is 4.84. The van der Waals surface area contributed by atoms with E-state index in [1.54, 1.807) is 11.8 Å². The lowest BCUT2D eigenvalue weighted by Gasteiger charge is -2.18. The molecule has 0 spiro atoms. The lowest BCUT2D eigenvalue weighted by Crippen LogP contribution is -2.33. The van der Waals surface area contributed by atoms with Crippen LogP contribution in [0, 0.1) is 0 Å². The van der Waals surface area contributed by atoms with Gasteiger partial charge in [0, 0.05) is 16.6 Å². The average molecular weight is 321 g/mol. The predicted molar refractivity (Wildman–Crippen MR) is 87.9 cm³/mol. The molecular formula is C17H23NO3S. The Bertz CT molecular complexity index is 492. The van der Waals surface area contributed by atoms with Crippen molar-refractivity contribution in [1.82, 2.24) is 4.90 Å². The van der Waals surface area contributed by atoms with E-state index in [1.165, 1.54) is 16.2 Å². The minimum Gasteiger partial charge on any atom is -0.447 e. The van der Waals surface area contributed by atoms with E-state index in [0.29, 0.717) is 19.6 Å². The van der Waals surface area contributed by atoms with Gasteiger partial charge >= 0.3 is 6.09 Å². The third-order valence-electron chi connectivity index (χ3n) is 3.64. The summed E-state index contributed by atoms with van der Waals surface area (Å²) in [7, 11) is 0. The van der Waals surface area contributed by atoms with Gasteiger partial charge in [-0.25, -0.2) is 9.69 Å². The molecule has 5 heteroatoms. The number of hydrogen-bond donors (Lipinski definition) is 0. The molecule has 0 N–H and O–H groups in total. The molecule has 1 fully saturated rings. The molecule has 0 bridgehead atoms. The van der Waals surface area contributed by atoms with Gasteiger partial charge < -0.3 is 4.74 Å². The van der Waals surface area contributed by atoms with E-state index in [9.17, 15) is 9.59 Å². The quantitative estimate of drug-likeness (QED) is 0.534. The van der Waals surface area contributed by atoms with Gasteiger partial charge in [0.05, 0.1) is 6.54 Å². The van der Waals surface area contributed by atoms with Gasteiger partial charge in [0.1, 0.15) is 6.61 Å². The number of benzene rings is 1. The highest BCUT2D eigenvalue weighted by Crippen LogP contribution is 2.29. The van der Waals surface area contributed by atoms with Crippen molar-refractivity contribution in [2.24, 2.45) is 0 Å². The Kier molecular flexibility index (Phi) is 6.77. The molecule has 0 aromatic heterocycles. The highest BCUT2D eigenvalue weighted by atomic mass is 32.2. The Hall–Kier alpha value is -1.49. The summed E-state index contributed by atoms with van der Waals surface area (Å²) >= 11 is 1.73. The van der Waals surface area contributed by atoms with Gasteiger partial charge in [0.25, 0.3) is 0 Å². The molecule has 1 aliphatic rings. The predicted octanol–water partition coefficient (Wildman–Crippen LogP) is 4.10. The molecule has 120 valence electrons. The van der Waals surface area contributed by atoms with Gasteiger partial charge in [-0.3, -0.25) is 4.79 Å². The molecule has 0 saturated carbocycles. The molecule has 2 amide bonds. The van der Waals surface area contributed by atoms with E-state index in [-0.39, 0.29) is 11.2 Å². The van der Waals surface area contributed by atoms with Gasteiger partial charge in [0.15, 0.2) is 0 Å². The number of carbonyl (C=O) groups is 2. The molecule has 1 aliphatic heterocycles. The zero-order valence-corrected chi connectivity index (χ0v) is 13.8. The summed E-state index contributed by atoms with van der Waals surface area (Å²) in [4.78, 5) is 26.2. The Labute approximate surface area is 136 Å². The van der Waals surface area contributed by atoms with Crippen LogP contribution in [0.2, 0.25) is 0 Å². The van der Waals surface area contributed by atoms with Crippen LogP contribution in [0.4, 0.5) is 4.79 Å². The van der Waals surface area contributed by atoms with Crippen LogP contribution >= 0.6 is 11.8 Å². The second-order valence-electron chi connectivity index (χ2n) is 5.41. The fourth-order valence-electron chi connectivity index (χ4n) is 2.44. The second kappa shape index (κ2) is 8.83. The van der Waals surface area contributed by atoms with Crippen molar-refractivity contribution in [1.29, 1.82) is 0 Å². The van der Waals surface area contributed by atoms with Crippen LogP contribution in [0.25, 0.3) is 0 Å². The fraction of sp³-hybridized carbons (Fsp3) is 0.529. The summed E-state index contributed by atoms with van der Waals surface area (Å²) in [5, 5.41) is 0.204. The van der Waals surface area contributed by atoms with E-state index in [2.05, 4.69) is 19.1 Å². The number of unbranched alkanes of at least 4 members (excludes halogenated alkanes) is 2. The Balaban J connectivity index is 1.94. The maximum Gasteiger partial charge on any atom is 0.416 e. The molecule has 2 rings (SSSR count). The zero-order valence-electron chi connectivity index (χ0n) is 13.0. The van der Waals surface area contributed by atoms with Crippen LogP contribution in [-0.4, -0.2) is 35.3 Å². The molecule has 0 radical (unpaired) electrons. The van der Waals surface area contributed by atoms with Gasteiger partial charge in [-0.05, 0) is 18.6 Å². The lowest BCUT2D eigenvalue weighted by molar-refractivity contribution is -0.127. The molecule has 1 aromatic rings. The van der Waals surface area contributed by atoms with Gasteiger partial charge in [0.2, 0.25) is 5.91 Å². The number of cyclic esters (lactones) is 1. The number of carbonyl (C=O) groups excluding carboxylic acids is 2. The largest absolute Gasteiger partial charge is 0.447 e. The number of thioether (sulfide) groups is 1. The summed E-state index contributed by atoms with van der Waals surface area (Å²) in [6.07, 6.45) is 4.32. The lowest BCUT2D eigenvalue weighted by atomic mass is 10.1. The maximum absolute atomic E-state index is 12.3. The van der Waals surface area contributed by atoms with Crippen molar-refractivity contribution >= 4 is 23.8 Å². The first kappa shape index (κ1) is 16.9. The van der Waals surface area contributed by atoms with Crippen molar-refractivity contribution in [3.05, 3.63) is 30.3 Å². The first-order chi connectivity index (χ1) is 10.7. The Morgan fingerprint density at radius 2 is 2.09 bits per heavy atom. The summed E-state index contributed by atoms with van der Waals surface area (Å²) in [6, 6.07) is 10.1. The van der Waals surface area contributed by atoms with E-state index in [4.69, 9.17) is 4.74 Å². The normalized spacial score (nSPS) is 15.7. The molecule has 0 unspecified atom stereocenters. The first-order valence-corrected chi connectivity index (χ1v) is 8.77. The number of rotatable bonds is 8. The molecule has 1 saturated heterocycles. The highest BCUT2D eigenvalue weighted by Gasteiger charge is 2.30. The minimum absolute atomic E-state index is 0.118. The van der Waals surface area contributed by atoms with E-state index in [0.717, 1.165) is 19.3 Å². The highest BCUT2D eigenvalue weighted by molar-refractivity contribution is 8.00. The van der Waals surface area contributed by atoms with Crippen LogP contribution in [0.5, 0.6) is 0 Å². The third kappa shape index (κ3) is 5.05. The topological polar surface area (TPSA) is 46.6 Å². The van der Waals surface area contributed by atoms with Crippen LogP contribution in [-0.2, 0) is 9.53 Å². The fourth-order valence-corrected chi connectivity index (χ4v) is 3.65. The van der Waals surface area contributed by atoms with Crippen LogP contribution in [0.1, 0.15) is 39.0 Å². The molecule has 1 aromatic carbocycles. The summed E-state index contributed by atoms with van der Waals surface area (Å²) in [5.74, 6) is -0.118. The maximum atomic E-state index is 12.3. The van der Waals surface area contributed by atoms with E-state index in [1.807, 2.05) is 18.2 Å². The average Bonchev–Trinajstić information content (AvgIpc) is 2.94. The number of imide groups is 1. The molecule has 22 heavy (non-hydrogen) atoms. The van der Waals surface area contributed by atoms with Crippen LogP contribution in [0.3, 0.4) is 0 Å². The van der Waals surface area contributed by atoms with E-state index < -0.39 is 6.09 Å². The Morgan fingerprint density at radius 1 is 1.32 bits per heavy atom. The van der Waals surface area contributed by atoms with Crippen LogP contribution in [0.15, 0.2) is 35.2 Å². The number of hydrogen-bond acceptors (Lipinski definition) is 4. The third-order valence-corrected chi connectivity index (χ3v) is 4.92. The minimum atomic E-state index is -0.498. The zero-order chi connectivity index (χ0) is 15.8. The first-order valence-electron chi connectivity index (χ1n) is 7.89. The molecule has 4 nitrogen and oxygen atoms in total. The van der Waals surface area contributed by atoms with Crippen molar-refractivity contribution in [3.63, 3.8) is 0 Å². The van der Waals surface area contributed by atoms with Crippen LogP contribution < -0.4 is 0 Å². The standard InChI is InChI=1S/C17H23NO3S/c1-2-3-5-10-15(22-14-8-6-4-7-9-14)13-16(19)18-11-12-21-17(18)20/h4,6-9,15H,2-3,5,10-13H2,1H3/t15-/m0/s1. The van der Waals surface area contributed by atoms with E-state index >= 15 is 0 Å². The van der Waals surface area contributed by atoms with Crippen molar-refractivity contribution in [2.75, 3.05) is 13.2 Å². The monoisotopic (exact) mass is 321 g/mol. The summed E-state index contributed by atoms with van der Waals surface area (Å²) in [6.45, 7) is 2.87. The number of amides is 2. The van der Waals surface area contributed by atoms with Crippen molar-refractivity contribution < 1.29 is 14.3 Å². The molecule has 1 atom stereocenters. The SMILES string of the molecule is CCCCC[C@@H](CC(=O)N1CCOC1=O)Sc1ccccc1. The van der Waals surface area contributed by atoms with Gasteiger partial charge in [-0.1, -0.05) is 44.4 Å². The Morgan fingerprint density at radius 3 is 2.73 bits per heavy atom. The second-order valence-corrected chi connectivity index (χ2v) is 6.79. The summed E-state index contributed by atoms with van der Waals surface area (Å²) in [5.41, 5.74) is 0. The molecular weight excluding hydrogens is 298 g/mol. The molecule has 0 aliphatic carbocycles. The smallest absolute Gasteiger partial charge is 0.416 e. The van der Waals surface area contributed by atoms with Gasteiger partial charge in [-0.15, -0.1) is 11.8 Å².